The minimum Gasteiger partial charge on any atom is -0.368 e. The number of nitrogens with zero attached hydrogens (tertiary/aromatic N) is 3. The van der Waals surface area contributed by atoms with Crippen LogP contribution < -0.4 is 16.0 Å². The van der Waals surface area contributed by atoms with E-state index >= 15 is 0 Å². The summed E-state index contributed by atoms with van der Waals surface area (Å²) in [6, 6.07) is 15.2. The molecule has 1 fully saturated rings. The molecule has 162 valence electrons. The maximum absolute atomic E-state index is 13.3. The van der Waals surface area contributed by atoms with Gasteiger partial charge in [-0.25, -0.2) is 9.37 Å². The van der Waals surface area contributed by atoms with Crippen molar-refractivity contribution in [1.82, 2.24) is 15.3 Å². The average Bonchev–Trinajstić information content (AvgIpc) is 3.41. The molecule has 9 heteroatoms. The second kappa shape index (κ2) is 8.37. The molecular formula is C23H19ClFN5OS. The third-order valence-electron chi connectivity index (χ3n) is 5.45. The lowest BCUT2D eigenvalue weighted by Gasteiger charge is -2.19. The van der Waals surface area contributed by atoms with Gasteiger partial charge in [0.25, 0.3) is 5.91 Å². The molecule has 0 saturated carbocycles. The monoisotopic (exact) mass is 467 g/mol. The van der Waals surface area contributed by atoms with Gasteiger partial charge in [0.15, 0.2) is 0 Å². The summed E-state index contributed by atoms with van der Waals surface area (Å²) in [4.78, 5) is 25.3. The fourth-order valence-electron chi connectivity index (χ4n) is 3.86. The highest BCUT2D eigenvalue weighted by Crippen LogP contribution is 2.37. The quantitative estimate of drug-likeness (QED) is 0.453. The molecule has 3 heterocycles. The van der Waals surface area contributed by atoms with Crippen LogP contribution in [0.5, 0.6) is 0 Å². The third kappa shape index (κ3) is 4.11. The summed E-state index contributed by atoms with van der Waals surface area (Å²) in [5, 5.41) is 4.57. The first-order chi connectivity index (χ1) is 15.5. The van der Waals surface area contributed by atoms with Crippen LogP contribution in [0.4, 0.5) is 16.2 Å². The average molecular weight is 468 g/mol. The Balaban J connectivity index is 1.38. The normalized spacial score (nSPS) is 15.9. The van der Waals surface area contributed by atoms with Crippen LogP contribution in [0.2, 0.25) is 5.02 Å². The molecule has 1 saturated heterocycles. The summed E-state index contributed by atoms with van der Waals surface area (Å²) >= 11 is 7.40. The fraction of sp³-hybridized carbons (Fsp3) is 0.174. The van der Waals surface area contributed by atoms with Crippen LogP contribution in [0.15, 0.2) is 54.6 Å². The maximum atomic E-state index is 13.3. The number of amides is 1. The zero-order chi connectivity index (χ0) is 22.2. The number of hydrogen-bond donors (Lipinski definition) is 2. The second-order valence-electron chi connectivity index (χ2n) is 7.65. The van der Waals surface area contributed by atoms with Gasteiger partial charge in [0.1, 0.15) is 16.5 Å². The van der Waals surface area contributed by atoms with E-state index in [4.69, 9.17) is 17.3 Å². The van der Waals surface area contributed by atoms with Crippen LogP contribution in [-0.4, -0.2) is 35.0 Å². The van der Waals surface area contributed by atoms with Crippen molar-refractivity contribution < 1.29 is 9.18 Å². The van der Waals surface area contributed by atoms with Gasteiger partial charge < -0.3 is 16.0 Å². The van der Waals surface area contributed by atoms with E-state index in [-0.39, 0.29) is 23.7 Å². The van der Waals surface area contributed by atoms with Crippen LogP contribution in [0.1, 0.15) is 16.8 Å². The molecule has 1 aliphatic rings. The van der Waals surface area contributed by atoms with Crippen molar-refractivity contribution in [2.24, 2.45) is 0 Å². The van der Waals surface area contributed by atoms with Gasteiger partial charge in [0.05, 0.1) is 5.39 Å². The molecule has 0 bridgehead atoms. The molecule has 5 rings (SSSR count). The van der Waals surface area contributed by atoms with E-state index in [9.17, 15) is 9.18 Å². The molecule has 4 aromatic rings. The number of benzene rings is 2. The molecule has 0 spiro atoms. The van der Waals surface area contributed by atoms with Crippen molar-refractivity contribution in [3.8, 4) is 10.4 Å². The van der Waals surface area contributed by atoms with Crippen molar-refractivity contribution in [3.05, 3.63) is 71.0 Å². The van der Waals surface area contributed by atoms with Crippen LogP contribution in [-0.2, 0) is 0 Å². The molecule has 2 aromatic heterocycles. The first-order valence-corrected chi connectivity index (χ1v) is 11.3. The molecule has 1 amide bonds. The van der Waals surface area contributed by atoms with Crippen LogP contribution >= 0.6 is 22.9 Å². The van der Waals surface area contributed by atoms with Crippen molar-refractivity contribution in [2.45, 2.75) is 12.5 Å². The lowest BCUT2D eigenvalue weighted by molar-refractivity contribution is 0.0940. The Kier molecular flexibility index (Phi) is 5.40. The van der Waals surface area contributed by atoms with Crippen molar-refractivity contribution in [2.75, 3.05) is 23.7 Å². The molecular weight excluding hydrogens is 449 g/mol. The Morgan fingerprint density at radius 3 is 2.66 bits per heavy atom. The number of thiophene rings is 1. The minimum atomic E-state index is -0.275. The molecule has 1 aliphatic heterocycles. The van der Waals surface area contributed by atoms with E-state index in [0.29, 0.717) is 17.1 Å². The van der Waals surface area contributed by atoms with Gasteiger partial charge in [-0.05, 0) is 54.4 Å². The van der Waals surface area contributed by atoms with Gasteiger partial charge in [-0.15, -0.1) is 11.3 Å². The summed E-state index contributed by atoms with van der Waals surface area (Å²) in [7, 11) is 0. The van der Waals surface area contributed by atoms with Gasteiger partial charge in [0.2, 0.25) is 5.95 Å². The van der Waals surface area contributed by atoms with Gasteiger partial charge in [-0.3, -0.25) is 4.79 Å². The van der Waals surface area contributed by atoms with E-state index in [0.717, 1.165) is 39.4 Å². The van der Waals surface area contributed by atoms with Gasteiger partial charge in [-0.2, -0.15) is 4.98 Å². The molecule has 32 heavy (non-hydrogen) atoms. The Bertz CT molecular complexity index is 1290. The van der Waals surface area contributed by atoms with E-state index in [1.807, 2.05) is 6.07 Å². The molecule has 6 nitrogen and oxygen atoms in total. The Morgan fingerprint density at radius 2 is 1.91 bits per heavy atom. The van der Waals surface area contributed by atoms with Gasteiger partial charge in [0, 0.05) is 34.6 Å². The summed E-state index contributed by atoms with van der Waals surface area (Å²) in [5.41, 5.74) is 7.47. The van der Waals surface area contributed by atoms with Gasteiger partial charge in [-0.1, -0.05) is 23.7 Å². The summed E-state index contributed by atoms with van der Waals surface area (Å²) in [5.74, 6) is 0.548. The zero-order valence-electron chi connectivity index (χ0n) is 16.9. The van der Waals surface area contributed by atoms with E-state index < -0.39 is 0 Å². The van der Waals surface area contributed by atoms with E-state index in [1.54, 1.807) is 36.4 Å². The number of anilines is 2. The van der Waals surface area contributed by atoms with Crippen molar-refractivity contribution >= 4 is 50.8 Å². The Morgan fingerprint density at radius 1 is 1.16 bits per heavy atom. The first kappa shape index (κ1) is 20.7. The highest BCUT2D eigenvalue weighted by molar-refractivity contribution is 7.22. The molecule has 1 atom stereocenters. The standard InChI is InChI=1S/C23H19ClFN5OS/c24-15-5-1-14(2-6-15)21(31)27-17-9-10-30(12-17)20-18-11-19(13-3-7-16(25)8-4-13)32-22(18)29-23(26)28-20/h1-8,11,17H,9-10,12H2,(H,27,31)(H2,26,28,29)/t17-/m1/s1. The van der Waals surface area contributed by atoms with E-state index in [1.165, 1.54) is 23.5 Å². The number of hydrogen-bond acceptors (Lipinski definition) is 6. The zero-order valence-corrected chi connectivity index (χ0v) is 18.5. The second-order valence-corrected chi connectivity index (χ2v) is 9.12. The number of nitrogen functional groups attached to an aromatic ring is 1. The topological polar surface area (TPSA) is 84.1 Å². The highest BCUT2D eigenvalue weighted by Gasteiger charge is 2.27. The SMILES string of the molecule is Nc1nc(N2CC[C@@H](NC(=O)c3ccc(Cl)cc3)C2)c2cc(-c3ccc(F)cc3)sc2n1. The van der Waals surface area contributed by atoms with Crippen LogP contribution in [0, 0.1) is 5.82 Å². The lowest BCUT2D eigenvalue weighted by atomic mass is 10.2. The highest BCUT2D eigenvalue weighted by atomic mass is 35.5. The third-order valence-corrected chi connectivity index (χ3v) is 6.78. The number of nitrogens with two attached hydrogens (primary N) is 1. The number of halogens is 2. The minimum absolute atomic E-state index is 0.0142. The molecule has 3 N–H and O–H groups in total. The molecule has 0 aliphatic carbocycles. The number of carbonyl (C=O) groups is 1. The van der Waals surface area contributed by atoms with Crippen LogP contribution in [0.25, 0.3) is 20.7 Å². The fourth-order valence-corrected chi connectivity index (χ4v) is 5.02. The van der Waals surface area contributed by atoms with E-state index in [2.05, 4.69) is 20.2 Å². The first-order valence-electron chi connectivity index (χ1n) is 10.1. The maximum Gasteiger partial charge on any atom is 0.251 e. The number of aromatic nitrogens is 2. The Hall–Kier alpha value is -3.23. The lowest BCUT2D eigenvalue weighted by Crippen LogP contribution is -2.37. The van der Waals surface area contributed by atoms with Crippen molar-refractivity contribution in [3.63, 3.8) is 0 Å². The summed E-state index contributed by atoms with van der Waals surface area (Å²) in [6.07, 6.45) is 0.791. The molecule has 0 radical (unpaired) electrons. The smallest absolute Gasteiger partial charge is 0.251 e. The number of fused-ring (bicyclic) bond motifs is 1. The number of carbonyl (C=O) groups excluding carboxylic acids is 1. The molecule has 2 aromatic carbocycles. The number of rotatable bonds is 4. The predicted molar refractivity (Wildman–Crippen MR) is 127 cm³/mol. The van der Waals surface area contributed by atoms with Crippen LogP contribution in [0.3, 0.4) is 0 Å². The molecule has 0 unspecified atom stereocenters. The summed E-state index contributed by atoms with van der Waals surface area (Å²) in [6.45, 7) is 1.35. The predicted octanol–water partition coefficient (Wildman–Crippen LogP) is 4.74. The Labute approximate surface area is 192 Å². The van der Waals surface area contributed by atoms with Gasteiger partial charge >= 0.3 is 0 Å². The summed E-state index contributed by atoms with van der Waals surface area (Å²) < 4.78 is 13.3. The van der Waals surface area contributed by atoms with Crippen molar-refractivity contribution in [1.29, 1.82) is 0 Å². The number of nitrogens with one attached hydrogen (secondary N) is 1. The largest absolute Gasteiger partial charge is 0.368 e.